The number of halogens is 2. The predicted molar refractivity (Wildman–Crippen MR) is 117 cm³/mol. The molecule has 0 aliphatic carbocycles. The lowest BCUT2D eigenvalue weighted by Gasteiger charge is -2.23. The highest BCUT2D eigenvalue weighted by Gasteiger charge is 2.23. The largest absolute Gasteiger partial charge is 0.377 e. The standard InChI is InChI=1S/C20H21ClFN3O2S2/c1-13(2)10-17(14-6-4-3-5-7-14)24-18-12-16(22)19(11-15(18)21)29(26,27)25-20-23-8-9-28-20/h3-9,11-13,17,24H,10H2,1-2H3,(H,23,25). The molecule has 0 saturated heterocycles. The van der Waals surface area contributed by atoms with Crippen LogP contribution in [-0.4, -0.2) is 13.4 Å². The monoisotopic (exact) mass is 453 g/mol. The first-order valence-corrected chi connectivity index (χ1v) is 11.7. The van der Waals surface area contributed by atoms with Crippen LogP contribution in [0.2, 0.25) is 5.02 Å². The van der Waals surface area contributed by atoms with Gasteiger partial charge in [-0.05, 0) is 30.0 Å². The first kappa shape index (κ1) is 21.5. The highest BCUT2D eigenvalue weighted by atomic mass is 35.5. The number of anilines is 2. The van der Waals surface area contributed by atoms with E-state index in [2.05, 4.69) is 28.9 Å². The van der Waals surface area contributed by atoms with Crippen molar-refractivity contribution in [3.63, 3.8) is 0 Å². The summed E-state index contributed by atoms with van der Waals surface area (Å²) in [5, 5.41) is 5.16. The van der Waals surface area contributed by atoms with Gasteiger partial charge >= 0.3 is 0 Å². The van der Waals surface area contributed by atoms with Gasteiger partial charge in [0.2, 0.25) is 0 Å². The maximum Gasteiger partial charge on any atom is 0.266 e. The fourth-order valence-corrected chi connectivity index (χ4v) is 5.07. The van der Waals surface area contributed by atoms with Crippen LogP contribution in [-0.2, 0) is 10.0 Å². The Morgan fingerprint density at radius 3 is 2.55 bits per heavy atom. The molecule has 0 bridgehead atoms. The van der Waals surface area contributed by atoms with E-state index in [9.17, 15) is 12.8 Å². The molecule has 1 unspecified atom stereocenters. The highest BCUT2D eigenvalue weighted by Crippen LogP contribution is 2.33. The van der Waals surface area contributed by atoms with Crippen molar-refractivity contribution in [2.75, 3.05) is 10.0 Å². The molecule has 1 aromatic heterocycles. The molecule has 29 heavy (non-hydrogen) atoms. The van der Waals surface area contributed by atoms with Gasteiger partial charge in [-0.25, -0.2) is 17.8 Å². The summed E-state index contributed by atoms with van der Waals surface area (Å²) in [6, 6.07) is 11.9. The van der Waals surface area contributed by atoms with E-state index in [1.807, 2.05) is 30.3 Å². The molecule has 0 saturated carbocycles. The van der Waals surface area contributed by atoms with E-state index in [0.717, 1.165) is 35.5 Å². The quantitative estimate of drug-likeness (QED) is 0.443. The molecule has 2 N–H and O–H groups in total. The molecule has 0 radical (unpaired) electrons. The lowest BCUT2D eigenvalue weighted by atomic mass is 9.97. The Kier molecular flexibility index (Phi) is 6.77. The molecule has 1 heterocycles. The molecule has 9 heteroatoms. The topological polar surface area (TPSA) is 71.1 Å². The van der Waals surface area contributed by atoms with Crippen LogP contribution in [0.15, 0.2) is 58.9 Å². The van der Waals surface area contributed by atoms with Crippen molar-refractivity contribution in [3.8, 4) is 0 Å². The van der Waals surface area contributed by atoms with Crippen LogP contribution in [0.25, 0.3) is 0 Å². The number of benzene rings is 2. The van der Waals surface area contributed by atoms with E-state index in [-0.39, 0.29) is 16.2 Å². The van der Waals surface area contributed by atoms with Gasteiger partial charge in [-0.1, -0.05) is 55.8 Å². The van der Waals surface area contributed by atoms with E-state index < -0.39 is 20.7 Å². The number of sulfonamides is 1. The molecular weight excluding hydrogens is 433 g/mol. The smallest absolute Gasteiger partial charge is 0.266 e. The van der Waals surface area contributed by atoms with Gasteiger partial charge in [0.15, 0.2) is 5.13 Å². The van der Waals surface area contributed by atoms with Gasteiger partial charge in [0, 0.05) is 11.6 Å². The fourth-order valence-electron chi connectivity index (χ4n) is 2.91. The third-order valence-electron chi connectivity index (χ3n) is 4.20. The molecule has 0 aliphatic rings. The third kappa shape index (κ3) is 5.46. The molecule has 0 amide bonds. The van der Waals surface area contributed by atoms with Crippen LogP contribution in [0, 0.1) is 11.7 Å². The summed E-state index contributed by atoms with van der Waals surface area (Å²) in [5.41, 5.74) is 1.38. The normalized spacial score (nSPS) is 12.7. The Morgan fingerprint density at radius 2 is 1.93 bits per heavy atom. The Balaban J connectivity index is 1.90. The van der Waals surface area contributed by atoms with Crippen molar-refractivity contribution in [2.45, 2.75) is 31.2 Å². The van der Waals surface area contributed by atoms with Crippen LogP contribution in [0.1, 0.15) is 31.9 Å². The number of hydrogen-bond donors (Lipinski definition) is 2. The average Bonchev–Trinajstić information content (AvgIpc) is 3.16. The zero-order chi connectivity index (χ0) is 21.0. The number of nitrogens with one attached hydrogen (secondary N) is 2. The Labute approximate surface area is 179 Å². The van der Waals surface area contributed by atoms with Crippen molar-refractivity contribution < 1.29 is 12.8 Å². The molecule has 3 rings (SSSR count). The maximum absolute atomic E-state index is 14.7. The van der Waals surface area contributed by atoms with E-state index in [4.69, 9.17) is 11.6 Å². The summed E-state index contributed by atoms with van der Waals surface area (Å²) in [6.45, 7) is 4.19. The van der Waals surface area contributed by atoms with Crippen LogP contribution in [0.3, 0.4) is 0 Å². The van der Waals surface area contributed by atoms with E-state index in [1.165, 1.54) is 6.20 Å². The Bertz CT molecular complexity index is 1060. The zero-order valence-electron chi connectivity index (χ0n) is 15.9. The second kappa shape index (κ2) is 9.11. The number of nitrogens with zero attached hydrogens (tertiary/aromatic N) is 1. The molecule has 0 spiro atoms. The summed E-state index contributed by atoms with van der Waals surface area (Å²) >= 11 is 7.42. The van der Waals surface area contributed by atoms with Crippen molar-refractivity contribution in [1.29, 1.82) is 0 Å². The maximum atomic E-state index is 14.7. The lowest BCUT2D eigenvalue weighted by Crippen LogP contribution is -2.16. The van der Waals surface area contributed by atoms with Crippen LogP contribution in [0.4, 0.5) is 15.2 Å². The molecule has 2 aromatic carbocycles. The summed E-state index contributed by atoms with van der Waals surface area (Å²) in [5.74, 6) is -0.504. The van der Waals surface area contributed by atoms with Gasteiger partial charge in [0.25, 0.3) is 10.0 Å². The van der Waals surface area contributed by atoms with E-state index in [0.29, 0.717) is 11.6 Å². The summed E-state index contributed by atoms with van der Waals surface area (Å²) in [7, 11) is -4.14. The van der Waals surface area contributed by atoms with Gasteiger partial charge in [-0.3, -0.25) is 4.72 Å². The summed E-state index contributed by atoms with van der Waals surface area (Å²) in [6.07, 6.45) is 2.25. The van der Waals surface area contributed by atoms with Gasteiger partial charge in [0.1, 0.15) is 10.7 Å². The number of thiazole rings is 1. The van der Waals surface area contributed by atoms with Crippen molar-refractivity contribution >= 4 is 43.8 Å². The molecule has 1 atom stereocenters. The molecule has 0 aliphatic heterocycles. The lowest BCUT2D eigenvalue weighted by molar-refractivity contribution is 0.530. The third-order valence-corrected chi connectivity index (χ3v) is 6.69. The summed E-state index contributed by atoms with van der Waals surface area (Å²) < 4.78 is 42.0. The Hall–Kier alpha value is -2.16. The fraction of sp³-hybridized carbons (Fsp3) is 0.250. The minimum Gasteiger partial charge on any atom is -0.377 e. The SMILES string of the molecule is CC(C)CC(Nc1cc(F)c(S(=O)(=O)Nc2nccs2)cc1Cl)c1ccccc1. The number of hydrogen-bond acceptors (Lipinski definition) is 5. The van der Waals surface area contributed by atoms with E-state index >= 15 is 0 Å². The van der Waals surface area contributed by atoms with Crippen LogP contribution >= 0.6 is 22.9 Å². The number of aromatic nitrogens is 1. The zero-order valence-corrected chi connectivity index (χ0v) is 18.3. The number of rotatable bonds is 8. The first-order chi connectivity index (χ1) is 13.8. The molecule has 0 fully saturated rings. The van der Waals surface area contributed by atoms with Crippen molar-refractivity contribution in [3.05, 3.63) is 70.4 Å². The van der Waals surface area contributed by atoms with Gasteiger partial charge in [-0.2, -0.15) is 0 Å². The van der Waals surface area contributed by atoms with Crippen molar-refractivity contribution in [2.24, 2.45) is 5.92 Å². The van der Waals surface area contributed by atoms with Crippen LogP contribution in [0.5, 0.6) is 0 Å². The molecular formula is C20H21ClFN3O2S2. The highest BCUT2D eigenvalue weighted by molar-refractivity contribution is 7.93. The summed E-state index contributed by atoms with van der Waals surface area (Å²) in [4.78, 5) is 3.33. The predicted octanol–water partition coefficient (Wildman–Crippen LogP) is 5.94. The minimum atomic E-state index is -4.14. The molecule has 3 aromatic rings. The van der Waals surface area contributed by atoms with Gasteiger partial charge < -0.3 is 5.32 Å². The molecule has 154 valence electrons. The average molecular weight is 454 g/mol. The van der Waals surface area contributed by atoms with Gasteiger partial charge in [-0.15, -0.1) is 11.3 Å². The van der Waals surface area contributed by atoms with Crippen LogP contribution < -0.4 is 10.0 Å². The van der Waals surface area contributed by atoms with Gasteiger partial charge in [0.05, 0.1) is 16.8 Å². The second-order valence-electron chi connectivity index (χ2n) is 6.94. The van der Waals surface area contributed by atoms with E-state index in [1.54, 1.807) is 5.38 Å². The minimum absolute atomic E-state index is 0.0935. The first-order valence-electron chi connectivity index (χ1n) is 8.99. The molecule has 5 nitrogen and oxygen atoms in total. The second-order valence-corrected chi connectivity index (χ2v) is 9.89. The van der Waals surface area contributed by atoms with Crippen molar-refractivity contribution in [1.82, 2.24) is 4.98 Å². The Morgan fingerprint density at radius 1 is 1.21 bits per heavy atom.